The van der Waals surface area contributed by atoms with Crippen LogP contribution in [0.2, 0.25) is 0 Å². The Kier molecular flexibility index (Phi) is 10.6. The molecule has 13 nitrogen and oxygen atoms in total. The highest BCUT2D eigenvalue weighted by Crippen LogP contribution is 2.23. The highest BCUT2D eigenvalue weighted by atomic mass is 16.2. The SMILES string of the molecule is CCC[C@H](CCCCN(C(=O)NCc1ccccc1)c1ccc(-c2cnn(C)c2)nn1)Nc1ncc(C#N)c(-c2cc(C)n[nH]2)n1. The lowest BCUT2D eigenvalue weighted by Crippen LogP contribution is -2.41. The molecule has 2 amide bonds. The molecule has 13 heteroatoms. The van der Waals surface area contributed by atoms with Gasteiger partial charge in [-0.3, -0.25) is 14.7 Å². The van der Waals surface area contributed by atoms with Crippen LogP contribution in [0.25, 0.3) is 22.6 Å². The molecule has 5 aromatic rings. The summed E-state index contributed by atoms with van der Waals surface area (Å²) in [6.45, 7) is 4.89. The number of nitrogens with zero attached hydrogens (tertiary/aromatic N) is 9. The summed E-state index contributed by atoms with van der Waals surface area (Å²) in [6.07, 6.45) is 9.49. The van der Waals surface area contributed by atoms with Crippen LogP contribution in [-0.4, -0.2) is 58.8 Å². The Labute approximate surface area is 268 Å². The molecule has 0 aliphatic heterocycles. The molecule has 0 unspecified atom stereocenters. The zero-order valence-corrected chi connectivity index (χ0v) is 26.3. The van der Waals surface area contributed by atoms with E-state index < -0.39 is 0 Å². The van der Waals surface area contributed by atoms with Gasteiger partial charge in [0.25, 0.3) is 0 Å². The number of aryl methyl sites for hydroxylation is 2. The van der Waals surface area contributed by atoms with Crippen LogP contribution in [0.5, 0.6) is 0 Å². The number of amides is 2. The third kappa shape index (κ3) is 8.29. The van der Waals surface area contributed by atoms with Gasteiger partial charge in [-0.05, 0) is 56.4 Å². The minimum Gasteiger partial charge on any atom is -0.351 e. The van der Waals surface area contributed by atoms with Gasteiger partial charge < -0.3 is 10.6 Å². The number of carbonyl (C=O) groups is 1. The summed E-state index contributed by atoms with van der Waals surface area (Å²) >= 11 is 0. The number of aromatic nitrogens is 8. The molecule has 1 atom stereocenters. The Bertz CT molecular complexity index is 1760. The monoisotopic (exact) mass is 618 g/mol. The van der Waals surface area contributed by atoms with E-state index in [4.69, 9.17) is 0 Å². The van der Waals surface area contributed by atoms with Crippen LogP contribution in [0, 0.1) is 18.3 Å². The number of hydrogen-bond donors (Lipinski definition) is 3. The minimum absolute atomic E-state index is 0.119. The molecule has 0 bridgehead atoms. The fourth-order valence-corrected chi connectivity index (χ4v) is 5.13. The predicted molar refractivity (Wildman–Crippen MR) is 175 cm³/mol. The quantitative estimate of drug-likeness (QED) is 0.138. The summed E-state index contributed by atoms with van der Waals surface area (Å²) in [6, 6.07) is 17.4. The number of nitrogens with one attached hydrogen (secondary N) is 3. The van der Waals surface area contributed by atoms with E-state index >= 15 is 0 Å². The first-order valence-corrected chi connectivity index (χ1v) is 15.4. The summed E-state index contributed by atoms with van der Waals surface area (Å²) in [5.74, 6) is 0.944. The predicted octanol–water partition coefficient (Wildman–Crippen LogP) is 5.40. The fraction of sp³-hybridized carbons (Fsp3) is 0.333. The van der Waals surface area contributed by atoms with E-state index in [0.717, 1.165) is 48.9 Å². The summed E-state index contributed by atoms with van der Waals surface area (Å²) < 4.78 is 1.71. The van der Waals surface area contributed by atoms with Crippen molar-refractivity contribution in [3.8, 4) is 28.7 Å². The number of hydrogen-bond acceptors (Lipinski definition) is 9. The van der Waals surface area contributed by atoms with Gasteiger partial charge in [-0.25, -0.2) is 14.8 Å². The lowest BCUT2D eigenvalue weighted by atomic mass is 10.0. The van der Waals surface area contributed by atoms with Crippen molar-refractivity contribution in [2.45, 2.75) is 58.5 Å². The maximum Gasteiger partial charge on any atom is 0.323 e. The number of carbonyl (C=O) groups excluding carboxylic acids is 1. The summed E-state index contributed by atoms with van der Waals surface area (Å²) in [7, 11) is 1.85. The van der Waals surface area contributed by atoms with Crippen molar-refractivity contribution in [3.63, 3.8) is 0 Å². The molecular weight excluding hydrogens is 580 g/mol. The summed E-state index contributed by atoms with van der Waals surface area (Å²) in [5.41, 5.74) is 4.94. The van der Waals surface area contributed by atoms with Crippen molar-refractivity contribution in [3.05, 3.63) is 83.9 Å². The number of rotatable bonds is 14. The Morgan fingerprint density at radius 2 is 1.96 bits per heavy atom. The van der Waals surface area contributed by atoms with Gasteiger partial charge in [-0.1, -0.05) is 43.7 Å². The molecular formula is C33H38N12O. The molecule has 0 spiro atoms. The van der Waals surface area contributed by atoms with Gasteiger partial charge in [-0.2, -0.15) is 15.5 Å². The number of aromatic amines is 1. The third-order valence-corrected chi connectivity index (χ3v) is 7.48. The Hall–Kier alpha value is -5.64. The van der Waals surface area contributed by atoms with E-state index in [1.807, 2.05) is 68.7 Å². The van der Waals surface area contributed by atoms with Crippen molar-refractivity contribution in [2.75, 3.05) is 16.8 Å². The van der Waals surface area contributed by atoms with Crippen LogP contribution in [-0.2, 0) is 13.6 Å². The Balaban J connectivity index is 1.24. The zero-order valence-electron chi connectivity index (χ0n) is 26.3. The topological polar surface area (TPSA) is 166 Å². The van der Waals surface area contributed by atoms with Crippen LogP contribution >= 0.6 is 0 Å². The number of urea groups is 1. The molecule has 3 N–H and O–H groups in total. The maximum absolute atomic E-state index is 13.4. The molecule has 0 aliphatic carbocycles. The second-order valence-corrected chi connectivity index (χ2v) is 11.1. The van der Waals surface area contributed by atoms with Crippen molar-refractivity contribution >= 4 is 17.8 Å². The van der Waals surface area contributed by atoms with E-state index in [9.17, 15) is 10.1 Å². The molecule has 5 rings (SSSR count). The van der Waals surface area contributed by atoms with Crippen molar-refractivity contribution in [2.24, 2.45) is 7.05 Å². The second kappa shape index (κ2) is 15.4. The van der Waals surface area contributed by atoms with E-state index in [0.29, 0.717) is 47.5 Å². The van der Waals surface area contributed by atoms with Gasteiger partial charge >= 0.3 is 6.03 Å². The maximum atomic E-state index is 13.4. The standard InChI is InChI=1S/C33H38N12O/c1-4-10-27(38-32-35-20-25(18-34)31(39-32)29-17-23(2)40-42-29)13-8-9-16-45(33(46)36-19-24-11-6-5-7-12-24)30-15-14-28(41-43-30)26-21-37-44(3)22-26/h5-7,11-12,14-15,17,20-22,27H,4,8-10,13,16,19H2,1-3H3,(H,36,46)(H,40,42)(H,35,38,39)/t27-/m1/s1. The molecule has 0 saturated carbocycles. The van der Waals surface area contributed by atoms with Crippen molar-refractivity contribution < 1.29 is 4.79 Å². The highest BCUT2D eigenvalue weighted by Gasteiger charge is 2.19. The largest absolute Gasteiger partial charge is 0.351 e. The van der Waals surface area contributed by atoms with E-state index in [1.54, 1.807) is 15.8 Å². The van der Waals surface area contributed by atoms with E-state index in [-0.39, 0.29) is 12.1 Å². The average Bonchev–Trinajstić information content (AvgIpc) is 3.72. The van der Waals surface area contributed by atoms with E-state index in [1.165, 1.54) is 6.20 Å². The smallest absolute Gasteiger partial charge is 0.323 e. The number of unbranched alkanes of at least 4 members (excludes halogenated alkanes) is 1. The number of H-pyrrole nitrogens is 1. The molecule has 1 aromatic carbocycles. The first-order valence-electron chi connectivity index (χ1n) is 15.4. The number of anilines is 2. The lowest BCUT2D eigenvalue weighted by Gasteiger charge is -2.23. The van der Waals surface area contributed by atoms with Crippen LogP contribution in [0.15, 0.2) is 67.1 Å². The van der Waals surface area contributed by atoms with Gasteiger partial charge in [0.2, 0.25) is 5.95 Å². The van der Waals surface area contributed by atoms with Gasteiger partial charge in [0.15, 0.2) is 5.82 Å². The van der Waals surface area contributed by atoms with E-state index in [2.05, 4.69) is 59.1 Å². The van der Waals surface area contributed by atoms with Crippen molar-refractivity contribution in [1.82, 2.24) is 45.5 Å². The summed E-state index contributed by atoms with van der Waals surface area (Å²) in [5, 5.41) is 36.2. The zero-order chi connectivity index (χ0) is 32.3. The fourth-order valence-electron chi connectivity index (χ4n) is 5.13. The normalized spacial score (nSPS) is 11.5. The van der Waals surface area contributed by atoms with Crippen LogP contribution in [0.3, 0.4) is 0 Å². The molecule has 4 aromatic heterocycles. The first kappa shape index (κ1) is 31.8. The van der Waals surface area contributed by atoms with Crippen LogP contribution < -0.4 is 15.5 Å². The Morgan fingerprint density at radius 3 is 2.63 bits per heavy atom. The minimum atomic E-state index is -0.233. The molecule has 46 heavy (non-hydrogen) atoms. The average molecular weight is 619 g/mol. The third-order valence-electron chi connectivity index (χ3n) is 7.48. The van der Waals surface area contributed by atoms with Gasteiger partial charge in [0.05, 0.1) is 35.0 Å². The molecule has 0 saturated heterocycles. The molecule has 236 valence electrons. The van der Waals surface area contributed by atoms with Gasteiger partial charge in [0, 0.05) is 37.9 Å². The van der Waals surface area contributed by atoms with Gasteiger partial charge in [0.1, 0.15) is 11.8 Å². The van der Waals surface area contributed by atoms with Crippen LogP contribution in [0.1, 0.15) is 55.8 Å². The molecule has 0 aliphatic rings. The summed E-state index contributed by atoms with van der Waals surface area (Å²) in [4.78, 5) is 24.1. The lowest BCUT2D eigenvalue weighted by molar-refractivity contribution is 0.245. The molecule has 4 heterocycles. The van der Waals surface area contributed by atoms with Gasteiger partial charge in [-0.15, -0.1) is 10.2 Å². The van der Waals surface area contributed by atoms with Crippen molar-refractivity contribution in [1.29, 1.82) is 5.26 Å². The molecule has 0 radical (unpaired) electrons. The first-order chi connectivity index (χ1) is 22.4. The number of nitriles is 1. The van der Waals surface area contributed by atoms with Crippen LogP contribution in [0.4, 0.5) is 16.6 Å². The highest BCUT2D eigenvalue weighted by molar-refractivity contribution is 5.90. The Morgan fingerprint density at radius 1 is 1.11 bits per heavy atom. The molecule has 0 fully saturated rings. The number of benzene rings is 1. The second-order valence-electron chi connectivity index (χ2n) is 11.1.